The number of nitrogens with zero attached hydrogens (tertiary/aromatic N) is 3. The zero-order chi connectivity index (χ0) is 12.0. The van der Waals surface area contributed by atoms with E-state index in [-0.39, 0.29) is 11.5 Å². The van der Waals surface area contributed by atoms with Crippen LogP contribution in [0.25, 0.3) is 10.9 Å². The Morgan fingerprint density at radius 3 is 2.82 bits per heavy atom. The SMILES string of the molecule is O=c1c2ccccc2nnn1C[C@H]1CC1(Cl)Cl. The standard InChI is InChI=1S/C11H9Cl2N3O/c12-11(13)5-7(11)6-16-10(17)8-3-1-2-4-9(8)14-15-16/h1-4,7H,5-6H2/t7-/m1/s1. The van der Waals surface area contributed by atoms with Gasteiger partial charge in [0, 0.05) is 5.92 Å². The van der Waals surface area contributed by atoms with Crippen molar-refractivity contribution in [1.29, 1.82) is 0 Å². The molecule has 0 aliphatic heterocycles. The highest BCUT2D eigenvalue weighted by molar-refractivity contribution is 6.50. The second-order valence-electron chi connectivity index (χ2n) is 4.26. The Bertz CT molecular complexity index is 638. The van der Waals surface area contributed by atoms with Gasteiger partial charge in [0.2, 0.25) is 0 Å². The van der Waals surface area contributed by atoms with E-state index in [1.54, 1.807) is 18.2 Å². The molecule has 1 atom stereocenters. The van der Waals surface area contributed by atoms with Crippen molar-refractivity contribution in [1.82, 2.24) is 15.0 Å². The van der Waals surface area contributed by atoms with Crippen LogP contribution in [0.5, 0.6) is 0 Å². The van der Waals surface area contributed by atoms with Gasteiger partial charge in [0.15, 0.2) is 0 Å². The zero-order valence-corrected chi connectivity index (χ0v) is 10.3. The number of fused-ring (bicyclic) bond motifs is 1. The molecule has 1 saturated carbocycles. The van der Waals surface area contributed by atoms with E-state index < -0.39 is 4.33 Å². The number of hydrogen-bond donors (Lipinski definition) is 0. The minimum Gasteiger partial charge on any atom is -0.267 e. The minimum absolute atomic E-state index is 0.0824. The molecule has 1 aliphatic rings. The molecule has 1 aliphatic carbocycles. The number of benzene rings is 1. The average Bonchev–Trinajstić information content (AvgIpc) is 2.91. The van der Waals surface area contributed by atoms with Crippen LogP contribution in [0.3, 0.4) is 0 Å². The van der Waals surface area contributed by atoms with Crippen molar-refractivity contribution in [3.8, 4) is 0 Å². The number of aromatic nitrogens is 3. The van der Waals surface area contributed by atoms with Crippen molar-refractivity contribution in [2.45, 2.75) is 17.3 Å². The normalized spacial score (nSPS) is 21.6. The molecular formula is C11H9Cl2N3O. The zero-order valence-electron chi connectivity index (χ0n) is 8.81. The first-order chi connectivity index (χ1) is 8.08. The number of alkyl halides is 2. The van der Waals surface area contributed by atoms with Crippen LogP contribution in [-0.2, 0) is 6.54 Å². The number of hydrogen-bond acceptors (Lipinski definition) is 3. The molecule has 0 saturated heterocycles. The van der Waals surface area contributed by atoms with Crippen LogP contribution in [0.1, 0.15) is 6.42 Å². The molecule has 0 spiro atoms. The summed E-state index contributed by atoms with van der Waals surface area (Å²) in [6, 6.07) is 7.13. The fourth-order valence-electron chi connectivity index (χ4n) is 1.82. The van der Waals surface area contributed by atoms with E-state index in [2.05, 4.69) is 10.3 Å². The summed E-state index contributed by atoms with van der Waals surface area (Å²) in [5, 5.41) is 8.45. The maximum absolute atomic E-state index is 12.1. The van der Waals surface area contributed by atoms with Gasteiger partial charge in [0.05, 0.1) is 11.9 Å². The van der Waals surface area contributed by atoms with E-state index >= 15 is 0 Å². The monoisotopic (exact) mass is 269 g/mol. The summed E-state index contributed by atoms with van der Waals surface area (Å²) in [5.74, 6) is 0.0824. The van der Waals surface area contributed by atoms with Crippen LogP contribution >= 0.6 is 23.2 Å². The Morgan fingerprint density at radius 1 is 1.41 bits per heavy atom. The van der Waals surface area contributed by atoms with Crippen LogP contribution in [0.15, 0.2) is 29.1 Å². The smallest absolute Gasteiger partial charge is 0.267 e. The van der Waals surface area contributed by atoms with Crippen LogP contribution in [0.2, 0.25) is 0 Å². The maximum atomic E-state index is 12.1. The van der Waals surface area contributed by atoms with E-state index in [1.165, 1.54) is 4.68 Å². The third-order valence-electron chi connectivity index (χ3n) is 2.98. The van der Waals surface area contributed by atoms with Crippen molar-refractivity contribution >= 4 is 34.1 Å². The highest BCUT2D eigenvalue weighted by Gasteiger charge is 2.51. The second kappa shape index (κ2) is 3.68. The Kier molecular flexibility index (Phi) is 2.38. The van der Waals surface area contributed by atoms with E-state index in [4.69, 9.17) is 23.2 Å². The molecule has 0 radical (unpaired) electrons. The van der Waals surface area contributed by atoms with Crippen molar-refractivity contribution in [3.63, 3.8) is 0 Å². The van der Waals surface area contributed by atoms with Crippen molar-refractivity contribution < 1.29 is 0 Å². The summed E-state index contributed by atoms with van der Waals surface area (Å²) in [6.45, 7) is 0.420. The predicted octanol–water partition coefficient (Wildman–Crippen LogP) is 1.99. The molecule has 1 fully saturated rings. The van der Waals surface area contributed by atoms with Crippen molar-refractivity contribution in [3.05, 3.63) is 34.6 Å². The summed E-state index contributed by atoms with van der Waals surface area (Å²) in [4.78, 5) is 12.1. The number of halogens is 2. The van der Waals surface area contributed by atoms with Gasteiger partial charge in [-0.1, -0.05) is 17.3 Å². The van der Waals surface area contributed by atoms with Gasteiger partial charge in [-0.05, 0) is 18.6 Å². The van der Waals surface area contributed by atoms with Gasteiger partial charge in [-0.3, -0.25) is 4.79 Å². The van der Waals surface area contributed by atoms with Gasteiger partial charge in [-0.25, -0.2) is 4.68 Å². The minimum atomic E-state index is -0.702. The molecule has 0 unspecified atom stereocenters. The molecule has 6 heteroatoms. The Hall–Kier alpha value is -1.13. The summed E-state index contributed by atoms with van der Waals surface area (Å²) in [5.41, 5.74) is 0.458. The summed E-state index contributed by atoms with van der Waals surface area (Å²) in [6.07, 6.45) is 0.692. The molecule has 0 N–H and O–H groups in total. The molecular weight excluding hydrogens is 261 g/mol. The molecule has 1 heterocycles. The van der Waals surface area contributed by atoms with Gasteiger partial charge >= 0.3 is 0 Å². The first-order valence-electron chi connectivity index (χ1n) is 5.28. The summed E-state index contributed by atoms with van der Waals surface area (Å²) < 4.78 is 0.631. The van der Waals surface area contributed by atoms with Crippen LogP contribution in [0.4, 0.5) is 0 Å². The molecule has 1 aromatic carbocycles. The van der Waals surface area contributed by atoms with E-state index in [9.17, 15) is 4.79 Å². The van der Waals surface area contributed by atoms with Gasteiger partial charge in [0.25, 0.3) is 5.56 Å². The first-order valence-corrected chi connectivity index (χ1v) is 6.04. The average molecular weight is 270 g/mol. The third-order valence-corrected chi connectivity index (χ3v) is 3.90. The van der Waals surface area contributed by atoms with Crippen LogP contribution < -0.4 is 5.56 Å². The second-order valence-corrected chi connectivity index (χ2v) is 5.80. The largest absolute Gasteiger partial charge is 0.277 e. The molecule has 3 rings (SSSR count). The molecule has 2 aromatic rings. The Balaban J connectivity index is 2.01. The molecule has 0 bridgehead atoms. The Labute approximate surface area is 107 Å². The predicted molar refractivity (Wildman–Crippen MR) is 66.3 cm³/mol. The van der Waals surface area contributed by atoms with E-state index in [0.717, 1.165) is 0 Å². The Morgan fingerprint density at radius 2 is 2.12 bits per heavy atom. The lowest BCUT2D eigenvalue weighted by Crippen LogP contribution is -2.25. The van der Waals surface area contributed by atoms with Crippen molar-refractivity contribution in [2.24, 2.45) is 5.92 Å². The fourth-order valence-corrected chi connectivity index (χ4v) is 2.33. The quantitative estimate of drug-likeness (QED) is 0.784. The molecule has 17 heavy (non-hydrogen) atoms. The van der Waals surface area contributed by atoms with Gasteiger partial charge in [0.1, 0.15) is 9.85 Å². The maximum Gasteiger partial charge on any atom is 0.277 e. The van der Waals surface area contributed by atoms with Crippen LogP contribution in [-0.4, -0.2) is 19.3 Å². The third kappa shape index (κ3) is 1.91. The first kappa shape index (κ1) is 11.0. The number of rotatable bonds is 2. The lowest BCUT2D eigenvalue weighted by atomic mass is 10.2. The molecule has 0 amide bonds. The van der Waals surface area contributed by atoms with Crippen LogP contribution in [0, 0.1) is 5.92 Å². The summed E-state index contributed by atoms with van der Waals surface area (Å²) in [7, 11) is 0. The van der Waals surface area contributed by atoms with Crippen molar-refractivity contribution in [2.75, 3.05) is 0 Å². The van der Waals surface area contributed by atoms with Gasteiger partial charge < -0.3 is 0 Å². The molecule has 4 nitrogen and oxygen atoms in total. The fraction of sp³-hybridized carbons (Fsp3) is 0.364. The highest BCUT2D eigenvalue weighted by Crippen LogP contribution is 2.53. The highest BCUT2D eigenvalue weighted by atomic mass is 35.5. The molecule has 88 valence electrons. The lowest BCUT2D eigenvalue weighted by molar-refractivity contribution is 0.508. The lowest BCUT2D eigenvalue weighted by Gasteiger charge is -2.04. The van der Waals surface area contributed by atoms with E-state index in [1.807, 2.05) is 6.07 Å². The van der Waals surface area contributed by atoms with Gasteiger partial charge in [-0.2, -0.15) is 0 Å². The topological polar surface area (TPSA) is 47.8 Å². The summed E-state index contributed by atoms with van der Waals surface area (Å²) >= 11 is 11.9. The molecule has 1 aromatic heterocycles. The van der Waals surface area contributed by atoms with E-state index in [0.29, 0.717) is 23.9 Å². The van der Waals surface area contributed by atoms with Gasteiger partial charge in [-0.15, -0.1) is 28.3 Å².